The first-order valence-electron chi connectivity index (χ1n) is 8.84. The van der Waals surface area contributed by atoms with Gasteiger partial charge in [-0.05, 0) is 31.2 Å². The zero-order chi connectivity index (χ0) is 22.2. The number of nitro benzene ring substituents is 1. The van der Waals surface area contributed by atoms with E-state index in [4.69, 9.17) is 4.74 Å². The number of halogens is 3. The molecule has 160 valence electrons. The average molecular weight is 415 g/mol. The number of alkyl halides is 3. The third-order valence-electron chi connectivity index (χ3n) is 4.00. The van der Waals surface area contributed by atoms with E-state index in [0.717, 1.165) is 11.8 Å². The number of carbonyl (C=O) groups excluding carboxylic acids is 1. The molecular weight excluding hydrogens is 391 g/mol. The summed E-state index contributed by atoms with van der Waals surface area (Å²) in [5.74, 6) is -0.512. The van der Waals surface area contributed by atoms with Gasteiger partial charge >= 0.3 is 6.18 Å². The molecule has 1 aromatic rings. The van der Waals surface area contributed by atoms with Crippen LogP contribution in [0.1, 0.15) is 32.8 Å². The fourth-order valence-corrected chi connectivity index (χ4v) is 2.14. The monoisotopic (exact) mass is 415 g/mol. The number of anilines is 1. The minimum atomic E-state index is -4.87. The summed E-state index contributed by atoms with van der Waals surface area (Å²) in [7, 11) is 1.78. The lowest BCUT2D eigenvalue weighted by Gasteiger charge is -2.15. The molecule has 0 radical (unpaired) electrons. The summed E-state index contributed by atoms with van der Waals surface area (Å²) in [5, 5.41) is 16.3. The van der Waals surface area contributed by atoms with E-state index in [-0.39, 0.29) is 12.3 Å². The molecule has 0 aliphatic heterocycles. The number of nitro groups is 1. The fourth-order valence-electron chi connectivity index (χ4n) is 2.14. The molecule has 29 heavy (non-hydrogen) atoms. The van der Waals surface area contributed by atoms with Crippen LogP contribution >= 0.6 is 0 Å². The van der Waals surface area contributed by atoms with Gasteiger partial charge in [-0.25, -0.2) is 0 Å². The summed E-state index contributed by atoms with van der Waals surface area (Å²) >= 11 is 0. The molecule has 0 aromatic heterocycles. The maximum Gasteiger partial charge on any atom is 0.423 e. The largest absolute Gasteiger partial charge is 0.497 e. The second kappa shape index (κ2) is 10.5. The van der Waals surface area contributed by atoms with Crippen LogP contribution in [0.4, 0.5) is 24.5 Å². The van der Waals surface area contributed by atoms with E-state index in [1.54, 1.807) is 20.0 Å². The van der Waals surface area contributed by atoms with Crippen molar-refractivity contribution < 1.29 is 27.6 Å². The number of nitrogens with one attached hydrogen (secondary N) is 2. The van der Waals surface area contributed by atoms with Crippen molar-refractivity contribution in [3.63, 3.8) is 0 Å². The summed E-state index contributed by atoms with van der Waals surface area (Å²) in [5.41, 5.74) is -1.67. The van der Waals surface area contributed by atoms with E-state index in [1.807, 2.05) is 19.9 Å². The van der Waals surface area contributed by atoms with E-state index in [2.05, 4.69) is 10.6 Å². The second-order valence-corrected chi connectivity index (χ2v) is 6.27. The number of rotatable bonds is 9. The Balaban J connectivity index is 2.83. The molecule has 0 fully saturated rings. The van der Waals surface area contributed by atoms with Gasteiger partial charge in [0.25, 0.3) is 5.69 Å². The lowest BCUT2D eigenvalue weighted by molar-refractivity contribution is -0.388. The normalized spacial score (nSPS) is 13.6. The van der Waals surface area contributed by atoms with Crippen LogP contribution in [0.5, 0.6) is 0 Å². The van der Waals surface area contributed by atoms with Gasteiger partial charge in [0.05, 0.1) is 23.2 Å². The van der Waals surface area contributed by atoms with Gasteiger partial charge in [-0.1, -0.05) is 13.8 Å². The topological polar surface area (TPSA) is 93.5 Å². The lowest BCUT2D eigenvalue weighted by Crippen LogP contribution is -2.24. The predicted octanol–water partition coefficient (Wildman–Crippen LogP) is 4.62. The highest BCUT2D eigenvalue weighted by atomic mass is 19.4. The molecule has 1 aromatic carbocycles. The number of hydrogen-bond acceptors (Lipinski definition) is 5. The highest BCUT2D eigenvalue weighted by Crippen LogP contribution is 2.37. The van der Waals surface area contributed by atoms with Crippen LogP contribution in [0.15, 0.2) is 41.8 Å². The third-order valence-corrected chi connectivity index (χ3v) is 4.00. The Morgan fingerprint density at radius 3 is 2.52 bits per heavy atom. The Morgan fingerprint density at radius 1 is 1.34 bits per heavy atom. The molecule has 7 nitrogen and oxygen atoms in total. The maximum atomic E-state index is 12.9. The van der Waals surface area contributed by atoms with Crippen molar-refractivity contribution in [2.24, 2.45) is 5.92 Å². The van der Waals surface area contributed by atoms with Crippen molar-refractivity contribution in [3.05, 3.63) is 57.5 Å². The highest BCUT2D eigenvalue weighted by molar-refractivity contribution is 5.92. The first kappa shape index (κ1) is 24.0. The van der Waals surface area contributed by atoms with Gasteiger partial charge in [0.15, 0.2) is 0 Å². The minimum absolute atomic E-state index is 0.0423. The summed E-state index contributed by atoms with van der Waals surface area (Å²) in [6, 6.07) is 2.24. The third kappa shape index (κ3) is 7.47. The SMILES string of the molecule is CC/C(=C\C=C(/C)NC)OC[C@@H](C)C(=O)Nc1ccc(C(F)(F)F)c([N+](=O)[O-])c1. The number of carbonyl (C=O) groups is 1. The zero-order valence-corrected chi connectivity index (χ0v) is 16.6. The van der Waals surface area contributed by atoms with Gasteiger partial charge in [0, 0.05) is 30.9 Å². The van der Waals surface area contributed by atoms with E-state index >= 15 is 0 Å². The number of allylic oxidation sites excluding steroid dienone is 4. The molecule has 0 saturated heterocycles. The highest BCUT2D eigenvalue weighted by Gasteiger charge is 2.38. The molecule has 0 bridgehead atoms. The number of benzene rings is 1. The minimum Gasteiger partial charge on any atom is -0.497 e. The van der Waals surface area contributed by atoms with Crippen molar-refractivity contribution in [2.45, 2.75) is 33.4 Å². The van der Waals surface area contributed by atoms with Crippen LogP contribution < -0.4 is 10.6 Å². The standard InChI is InChI=1S/C19H24F3N3O4/c1-5-15(8-6-13(3)23-4)29-11-12(2)18(26)24-14-7-9-16(19(20,21)22)17(10-14)25(27)28/h6-10,12,23H,5,11H2,1-4H3,(H,24,26)/b13-6+,15-8+/t12-/m1/s1. The molecule has 0 heterocycles. The molecule has 0 aliphatic carbocycles. The summed E-state index contributed by atoms with van der Waals surface area (Å²) in [6.07, 6.45) is -0.664. The van der Waals surface area contributed by atoms with Crippen molar-refractivity contribution in [1.82, 2.24) is 5.32 Å². The van der Waals surface area contributed by atoms with Gasteiger partial charge in [-0.15, -0.1) is 0 Å². The Labute approximate surface area is 166 Å². The Bertz CT molecular complexity index is 804. The maximum absolute atomic E-state index is 12.9. The first-order chi connectivity index (χ1) is 13.5. The molecule has 0 saturated carbocycles. The lowest BCUT2D eigenvalue weighted by atomic mass is 10.1. The smallest absolute Gasteiger partial charge is 0.423 e. The van der Waals surface area contributed by atoms with E-state index in [0.29, 0.717) is 24.3 Å². The Morgan fingerprint density at radius 2 is 2.00 bits per heavy atom. The molecule has 1 atom stereocenters. The van der Waals surface area contributed by atoms with E-state index < -0.39 is 34.2 Å². The van der Waals surface area contributed by atoms with Gasteiger partial charge in [0.1, 0.15) is 5.56 Å². The fraction of sp³-hybridized carbons (Fsp3) is 0.421. The molecule has 0 aliphatic rings. The van der Waals surface area contributed by atoms with E-state index in [1.165, 1.54) is 0 Å². The van der Waals surface area contributed by atoms with Gasteiger partial charge in [0.2, 0.25) is 5.91 Å². The molecule has 1 amide bonds. The van der Waals surface area contributed by atoms with Crippen LogP contribution in [0.3, 0.4) is 0 Å². The molecule has 0 spiro atoms. The molecular formula is C19H24F3N3O4. The predicted molar refractivity (Wildman–Crippen MR) is 103 cm³/mol. The first-order valence-corrected chi connectivity index (χ1v) is 8.84. The number of hydrogen-bond donors (Lipinski definition) is 2. The van der Waals surface area contributed by atoms with Gasteiger partial charge in [-0.2, -0.15) is 13.2 Å². The zero-order valence-electron chi connectivity index (χ0n) is 16.6. The van der Waals surface area contributed by atoms with Crippen LogP contribution in [0.25, 0.3) is 0 Å². The summed E-state index contributed by atoms with van der Waals surface area (Å²) in [4.78, 5) is 22.1. The van der Waals surface area contributed by atoms with Crippen molar-refractivity contribution in [2.75, 3.05) is 19.0 Å². The molecule has 1 rings (SSSR count). The summed E-state index contributed by atoms with van der Waals surface area (Å²) < 4.78 is 44.2. The van der Waals surface area contributed by atoms with Crippen molar-refractivity contribution >= 4 is 17.3 Å². The quantitative estimate of drug-likeness (QED) is 0.266. The van der Waals surface area contributed by atoms with Crippen LogP contribution in [-0.2, 0) is 15.7 Å². The second-order valence-electron chi connectivity index (χ2n) is 6.27. The van der Waals surface area contributed by atoms with Crippen molar-refractivity contribution in [3.8, 4) is 0 Å². The summed E-state index contributed by atoms with van der Waals surface area (Å²) in [6.45, 7) is 5.39. The average Bonchev–Trinajstić information content (AvgIpc) is 2.66. The van der Waals surface area contributed by atoms with Crippen molar-refractivity contribution in [1.29, 1.82) is 0 Å². The number of amides is 1. The molecule has 2 N–H and O–H groups in total. The molecule has 10 heteroatoms. The van der Waals surface area contributed by atoms with E-state index in [9.17, 15) is 28.1 Å². The Hall–Kier alpha value is -3.04. The number of ether oxygens (including phenoxy) is 1. The van der Waals surface area contributed by atoms with Crippen LogP contribution in [-0.4, -0.2) is 24.5 Å². The van der Waals surface area contributed by atoms with Crippen LogP contribution in [0.2, 0.25) is 0 Å². The van der Waals surface area contributed by atoms with Gasteiger partial charge < -0.3 is 15.4 Å². The van der Waals surface area contributed by atoms with Gasteiger partial charge in [-0.3, -0.25) is 14.9 Å². The molecule has 0 unspecified atom stereocenters. The Kier molecular flexibility index (Phi) is 8.68. The number of nitrogens with zero attached hydrogens (tertiary/aromatic N) is 1. The van der Waals surface area contributed by atoms with Crippen LogP contribution in [0, 0.1) is 16.0 Å².